The molecule has 0 radical (unpaired) electrons. The topological polar surface area (TPSA) is 80.9 Å². The lowest BCUT2D eigenvalue weighted by molar-refractivity contribution is -0.139. The van der Waals surface area contributed by atoms with Crippen LogP contribution in [0.1, 0.15) is 31.0 Å². The van der Waals surface area contributed by atoms with Gasteiger partial charge in [0.15, 0.2) is 4.80 Å². The van der Waals surface area contributed by atoms with E-state index in [-0.39, 0.29) is 17.9 Å². The van der Waals surface area contributed by atoms with Crippen LogP contribution in [0.15, 0.2) is 72.5 Å². The fraction of sp³-hybridized carbons (Fsp3) is 0.174. The van der Waals surface area contributed by atoms with Gasteiger partial charge in [-0.3, -0.25) is 9.36 Å². The minimum absolute atomic E-state index is 0.0855. The number of benzene rings is 2. The number of aromatic hydroxyl groups is 1. The zero-order valence-electron chi connectivity index (χ0n) is 17.1. The number of phenols is 1. The second-order valence-corrected chi connectivity index (χ2v) is 9.76. The first kappa shape index (κ1) is 22.7. The highest BCUT2D eigenvalue weighted by molar-refractivity contribution is 9.11. The van der Waals surface area contributed by atoms with Crippen molar-refractivity contribution in [2.75, 3.05) is 6.61 Å². The molecule has 4 rings (SSSR count). The molecule has 0 spiro atoms. The van der Waals surface area contributed by atoms with Crippen LogP contribution >= 0.6 is 43.2 Å². The molecule has 0 aliphatic carbocycles. The number of aromatic nitrogens is 1. The predicted molar refractivity (Wildman–Crippen MR) is 130 cm³/mol. The Kier molecular flexibility index (Phi) is 6.50. The number of carbonyl (C=O) groups excluding carboxylic acids is 1. The van der Waals surface area contributed by atoms with Crippen molar-refractivity contribution in [3.63, 3.8) is 0 Å². The fourth-order valence-electron chi connectivity index (χ4n) is 3.56. The Morgan fingerprint density at radius 3 is 2.53 bits per heavy atom. The van der Waals surface area contributed by atoms with Crippen molar-refractivity contribution < 1.29 is 14.6 Å². The molecule has 0 saturated heterocycles. The Hall–Kier alpha value is -2.49. The maximum atomic E-state index is 13.5. The van der Waals surface area contributed by atoms with Gasteiger partial charge in [-0.1, -0.05) is 41.7 Å². The predicted octanol–water partition coefficient (Wildman–Crippen LogP) is 4.03. The van der Waals surface area contributed by atoms with Gasteiger partial charge in [0.1, 0.15) is 5.75 Å². The maximum Gasteiger partial charge on any atom is 0.338 e. The Labute approximate surface area is 204 Å². The van der Waals surface area contributed by atoms with Crippen LogP contribution in [0.5, 0.6) is 5.75 Å². The van der Waals surface area contributed by atoms with Crippen LogP contribution in [-0.2, 0) is 9.53 Å². The Morgan fingerprint density at radius 2 is 1.91 bits per heavy atom. The normalized spacial score (nSPS) is 16.0. The standard InChI is InChI=1S/C23H18Br2N2O4S/c1-3-31-22(30)18-12(2)26-23-27(19(18)14-7-5-4-6-8-14)21(29)17(32-23)11-13-9-15(24)20(28)16(25)10-13/h4-11,19,28H,3H2,1-2H3/t19-/m0/s1. The quantitative estimate of drug-likeness (QED) is 0.475. The molecule has 32 heavy (non-hydrogen) atoms. The average molecular weight is 578 g/mol. The van der Waals surface area contributed by atoms with Gasteiger partial charge in [0, 0.05) is 0 Å². The minimum Gasteiger partial charge on any atom is -0.506 e. The average Bonchev–Trinajstić information content (AvgIpc) is 3.06. The first-order valence-electron chi connectivity index (χ1n) is 9.74. The summed E-state index contributed by atoms with van der Waals surface area (Å²) in [7, 11) is 0. The van der Waals surface area contributed by atoms with Gasteiger partial charge in [0.05, 0.1) is 37.4 Å². The number of ether oxygens (including phenoxy) is 1. The molecule has 164 valence electrons. The number of rotatable bonds is 4. The molecule has 0 bridgehead atoms. The molecule has 9 heteroatoms. The summed E-state index contributed by atoms with van der Waals surface area (Å²) in [5.74, 6) is -0.398. The molecule has 0 fully saturated rings. The third kappa shape index (κ3) is 4.12. The summed E-state index contributed by atoms with van der Waals surface area (Å²) in [6, 6.07) is 12.2. The second-order valence-electron chi connectivity index (χ2n) is 7.05. The van der Waals surface area contributed by atoms with Crippen LogP contribution in [-0.4, -0.2) is 22.2 Å². The molecule has 2 aromatic carbocycles. The van der Waals surface area contributed by atoms with Crippen LogP contribution in [0.4, 0.5) is 0 Å². The third-order valence-electron chi connectivity index (χ3n) is 4.97. The van der Waals surface area contributed by atoms with E-state index in [9.17, 15) is 14.7 Å². The van der Waals surface area contributed by atoms with E-state index in [1.807, 2.05) is 30.3 Å². The number of esters is 1. The van der Waals surface area contributed by atoms with Gasteiger partial charge >= 0.3 is 5.97 Å². The van der Waals surface area contributed by atoms with Crippen molar-refractivity contribution in [1.82, 2.24) is 4.57 Å². The van der Waals surface area contributed by atoms with Crippen molar-refractivity contribution in [2.24, 2.45) is 4.99 Å². The van der Waals surface area contributed by atoms with Gasteiger partial charge in [0.25, 0.3) is 5.56 Å². The highest BCUT2D eigenvalue weighted by Gasteiger charge is 2.33. The zero-order chi connectivity index (χ0) is 23.0. The number of hydrogen-bond donors (Lipinski definition) is 1. The maximum absolute atomic E-state index is 13.5. The molecule has 6 nitrogen and oxygen atoms in total. The van der Waals surface area contributed by atoms with Crippen LogP contribution < -0.4 is 14.9 Å². The number of allylic oxidation sites excluding steroid dienone is 1. The highest BCUT2D eigenvalue weighted by atomic mass is 79.9. The first-order chi connectivity index (χ1) is 15.3. The first-order valence-corrected chi connectivity index (χ1v) is 12.1. The van der Waals surface area contributed by atoms with E-state index < -0.39 is 12.0 Å². The van der Waals surface area contributed by atoms with E-state index in [0.717, 1.165) is 11.1 Å². The van der Waals surface area contributed by atoms with Crippen molar-refractivity contribution in [3.05, 3.63) is 93.5 Å². The number of carbonyl (C=O) groups is 1. The zero-order valence-corrected chi connectivity index (χ0v) is 21.1. The summed E-state index contributed by atoms with van der Waals surface area (Å²) in [6.45, 7) is 3.73. The number of nitrogens with zero attached hydrogens (tertiary/aromatic N) is 2. The van der Waals surface area contributed by atoms with E-state index in [1.165, 1.54) is 11.3 Å². The molecule has 1 atom stereocenters. The lowest BCUT2D eigenvalue weighted by atomic mass is 9.96. The van der Waals surface area contributed by atoms with E-state index in [0.29, 0.717) is 29.5 Å². The van der Waals surface area contributed by atoms with Gasteiger partial charge in [0.2, 0.25) is 0 Å². The summed E-state index contributed by atoms with van der Waals surface area (Å²) >= 11 is 7.88. The monoisotopic (exact) mass is 576 g/mol. The van der Waals surface area contributed by atoms with E-state index in [1.54, 1.807) is 36.6 Å². The Balaban J connectivity index is 1.96. The number of hydrogen-bond acceptors (Lipinski definition) is 6. The lowest BCUT2D eigenvalue weighted by Crippen LogP contribution is -2.39. The number of thiazole rings is 1. The number of halogens is 2. The fourth-order valence-corrected chi connectivity index (χ4v) is 5.83. The number of fused-ring (bicyclic) bond motifs is 1. The number of phenolic OH excluding ortho intramolecular Hbond substituents is 1. The van der Waals surface area contributed by atoms with Gasteiger partial charge in [-0.15, -0.1) is 0 Å². The molecule has 1 aliphatic rings. The van der Waals surface area contributed by atoms with Crippen LogP contribution in [0.3, 0.4) is 0 Å². The molecule has 1 N–H and O–H groups in total. The molecule has 0 amide bonds. The van der Waals surface area contributed by atoms with Crippen molar-refractivity contribution in [1.29, 1.82) is 0 Å². The SMILES string of the molecule is CCOC(=O)C1=C(C)N=c2sc(=Cc3cc(Br)c(O)c(Br)c3)c(=O)n2[C@H]1c1ccccc1. The summed E-state index contributed by atoms with van der Waals surface area (Å²) in [5.41, 5.74) is 2.15. The molecule has 2 heterocycles. The summed E-state index contributed by atoms with van der Waals surface area (Å²) in [5, 5.41) is 9.96. The van der Waals surface area contributed by atoms with Gasteiger partial charge in [-0.2, -0.15) is 0 Å². The van der Waals surface area contributed by atoms with E-state index >= 15 is 0 Å². The van der Waals surface area contributed by atoms with Crippen LogP contribution in [0, 0.1) is 0 Å². The third-order valence-corrected chi connectivity index (χ3v) is 7.16. The van der Waals surface area contributed by atoms with E-state index in [2.05, 4.69) is 36.9 Å². The van der Waals surface area contributed by atoms with Gasteiger partial charge in [-0.25, -0.2) is 9.79 Å². The highest BCUT2D eigenvalue weighted by Crippen LogP contribution is 2.34. The lowest BCUT2D eigenvalue weighted by Gasteiger charge is -2.24. The largest absolute Gasteiger partial charge is 0.506 e. The van der Waals surface area contributed by atoms with Crippen molar-refractivity contribution in [3.8, 4) is 5.75 Å². The molecule has 1 aromatic heterocycles. The van der Waals surface area contributed by atoms with Crippen LogP contribution in [0.2, 0.25) is 0 Å². The summed E-state index contributed by atoms with van der Waals surface area (Å²) in [4.78, 5) is 31.4. The smallest absolute Gasteiger partial charge is 0.338 e. The molecule has 1 aliphatic heterocycles. The Morgan fingerprint density at radius 1 is 1.25 bits per heavy atom. The van der Waals surface area contributed by atoms with Gasteiger partial charge in [-0.05, 0) is 75.0 Å². The molecule has 3 aromatic rings. The molecule has 0 unspecified atom stereocenters. The molecular weight excluding hydrogens is 560 g/mol. The molecular formula is C23H18Br2N2O4S. The van der Waals surface area contributed by atoms with Gasteiger partial charge < -0.3 is 9.84 Å². The Bertz CT molecular complexity index is 1400. The molecule has 0 saturated carbocycles. The van der Waals surface area contributed by atoms with Crippen molar-refractivity contribution in [2.45, 2.75) is 19.9 Å². The summed E-state index contributed by atoms with van der Waals surface area (Å²) in [6.07, 6.45) is 1.74. The van der Waals surface area contributed by atoms with E-state index in [4.69, 9.17) is 4.74 Å². The second kappa shape index (κ2) is 9.17. The van der Waals surface area contributed by atoms with Crippen LogP contribution in [0.25, 0.3) is 6.08 Å². The van der Waals surface area contributed by atoms with Crippen molar-refractivity contribution >= 4 is 55.2 Å². The summed E-state index contributed by atoms with van der Waals surface area (Å²) < 4.78 is 8.32. The minimum atomic E-state index is -0.632.